The molecule has 2 unspecified atom stereocenters. The van der Waals surface area contributed by atoms with Crippen LogP contribution in [-0.2, 0) is 65.4 Å². The summed E-state index contributed by atoms with van der Waals surface area (Å²) in [5, 5.41) is 10.6. The van der Waals surface area contributed by atoms with Gasteiger partial charge in [0.15, 0.2) is 12.2 Å². The van der Waals surface area contributed by atoms with Crippen molar-refractivity contribution >= 4 is 39.5 Å². The van der Waals surface area contributed by atoms with E-state index in [0.29, 0.717) is 25.7 Å². The summed E-state index contributed by atoms with van der Waals surface area (Å²) in [6.45, 7) is 11.9. The number of esters is 4. The summed E-state index contributed by atoms with van der Waals surface area (Å²) in [5.74, 6) is 0.122. The topological polar surface area (TPSA) is 237 Å². The summed E-state index contributed by atoms with van der Waals surface area (Å²) < 4.78 is 68.6. The Kier molecular flexibility index (Phi) is 67.1. The lowest BCUT2D eigenvalue weighted by molar-refractivity contribution is -0.161. The number of carbonyl (C=O) groups excluding carboxylic acids is 4. The van der Waals surface area contributed by atoms with Gasteiger partial charge in [-0.2, -0.15) is 0 Å². The van der Waals surface area contributed by atoms with Gasteiger partial charge in [-0.1, -0.05) is 350 Å². The van der Waals surface area contributed by atoms with E-state index in [-0.39, 0.29) is 25.7 Å². The standard InChI is InChI=1S/C78H152O17P2/c1-8-9-10-11-12-13-14-15-16-17-18-19-20-21-22-23-32-40-47-54-61-77(82)94-73(65-88-75(80)59-52-45-38-31-25-24-28-35-42-49-56-69(2)3)67-92-96(84,85)90-63-72(79)64-91-97(86,87)93-68-74(95-78(83)62-55-48-41-34-27-30-37-44-51-58-71(6)7)66-89-76(81)60-53-46-39-33-26-29-36-43-50-57-70(4)5/h69-74,79H,8-68H2,1-7H3,(H,84,85)(H,86,87)/t72-,73-,74-/m1/s1. The molecule has 0 aromatic carbocycles. The Bertz CT molecular complexity index is 1890. The van der Waals surface area contributed by atoms with Crippen LogP contribution >= 0.6 is 15.6 Å². The fourth-order valence-corrected chi connectivity index (χ4v) is 13.5. The van der Waals surface area contributed by atoms with Gasteiger partial charge in [0.25, 0.3) is 0 Å². The number of phosphoric acid groups is 2. The van der Waals surface area contributed by atoms with Crippen LogP contribution in [0.3, 0.4) is 0 Å². The van der Waals surface area contributed by atoms with Crippen molar-refractivity contribution in [2.24, 2.45) is 17.8 Å². The minimum atomic E-state index is -4.96. The van der Waals surface area contributed by atoms with Crippen molar-refractivity contribution in [1.29, 1.82) is 0 Å². The van der Waals surface area contributed by atoms with Crippen molar-refractivity contribution in [3.8, 4) is 0 Å². The van der Waals surface area contributed by atoms with Crippen LogP contribution in [0.4, 0.5) is 0 Å². The summed E-state index contributed by atoms with van der Waals surface area (Å²) in [7, 11) is -9.92. The van der Waals surface area contributed by atoms with Crippen molar-refractivity contribution in [2.75, 3.05) is 39.6 Å². The molecular weight excluding hydrogens is 1270 g/mol. The predicted molar refractivity (Wildman–Crippen MR) is 395 cm³/mol. The van der Waals surface area contributed by atoms with Gasteiger partial charge >= 0.3 is 39.5 Å². The van der Waals surface area contributed by atoms with Gasteiger partial charge in [-0.25, -0.2) is 9.13 Å². The van der Waals surface area contributed by atoms with E-state index in [1.807, 2.05) is 0 Å². The van der Waals surface area contributed by atoms with Gasteiger partial charge < -0.3 is 33.8 Å². The van der Waals surface area contributed by atoms with Gasteiger partial charge in [-0.3, -0.25) is 37.3 Å². The highest BCUT2D eigenvalue weighted by molar-refractivity contribution is 7.47. The maximum Gasteiger partial charge on any atom is 0.472 e. The Labute approximate surface area is 594 Å². The highest BCUT2D eigenvalue weighted by Gasteiger charge is 2.30. The number of carbonyl (C=O) groups is 4. The Balaban J connectivity index is 5.23. The quantitative estimate of drug-likeness (QED) is 0.0222. The second kappa shape index (κ2) is 68.5. The molecule has 576 valence electrons. The molecule has 0 saturated heterocycles. The molecule has 0 aromatic heterocycles. The Morgan fingerprint density at radius 2 is 0.474 bits per heavy atom. The number of phosphoric ester groups is 2. The zero-order valence-corrected chi connectivity index (χ0v) is 65.3. The third-order valence-corrected chi connectivity index (χ3v) is 20.0. The van der Waals surface area contributed by atoms with E-state index in [1.54, 1.807) is 0 Å². The lowest BCUT2D eigenvalue weighted by atomic mass is 10.0. The van der Waals surface area contributed by atoms with Gasteiger partial charge in [0, 0.05) is 25.7 Å². The molecule has 97 heavy (non-hydrogen) atoms. The van der Waals surface area contributed by atoms with E-state index in [1.165, 1.54) is 212 Å². The zero-order valence-electron chi connectivity index (χ0n) is 63.5. The van der Waals surface area contributed by atoms with Crippen molar-refractivity contribution in [3.05, 3.63) is 0 Å². The molecule has 0 spiro atoms. The van der Waals surface area contributed by atoms with Crippen molar-refractivity contribution in [1.82, 2.24) is 0 Å². The first-order chi connectivity index (χ1) is 46.7. The van der Waals surface area contributed by atoms with E-state index in [4.69, 9.17) is 37.0 Å². The van der Waals surface area contributed by atoms with Crippen molar-refractivity contribution in [3.63, 3.8) is 0 Å². The van der Waals surface area contributed by atoms with Crippen molar-refractivity contribution < 1.29 is 80.2 Å². The summed E-state index contributed by atoms with van der Waals surface area (Å²) in [4.78, 5) is 72.9. The number of unbranched alkanes of at least 4 members (excludes halogenated alkanes) is 44. The van der Waals surface area contributed by atoms with Gasteiger partial charge in [-0.05, 0) is 43.4 Å². The first-order valence-electron chi connectivity index (χ1n) is 40.3. The van der Waals surface area contributed by atoms with E-state index in [2.05, 4.69) is 48.5 Å². The number of hydrogen-bond acceptors (Lipinski definition) is 15. The highest BCUT2D eigenvalue weighted by Crippen LogP contribution is 2.45. The molecule has 0 aromatic rings. The lowest BCUT2D eigenvalue weighted by Gasteiger charge is -2.21. The first-order valence-corrected chi connectivity index (χ1v) is 43.3. The molecule has 0 aliphatic heterocycles. The molecule has 0 saturated carbocycles. The van der Waals surface area contributed by atoms with E-state index in [0.717, 1.165) is 108 Å². The first kappa shape index (κ1) is 95.1. The van der Waals surface area contributed by atoms with Crippen LogP contribution in [-0.4, -0.2) is 96.7 Å². The Morgan fingerprint density at radius 1 is 0.278 bits per heavy atom. The van der Waals surface area contributed by atoms with Crippen LogP contribution in [0.5, 0.6) is 0 Å². The number of rotatable bonds is 76. The molecule has 0 fully saturated rings. The van der Waals surface area contributed by atoms with E-state index < -0.39 is 97.5 Å². The van der Waals surface area contributed by atoms with Crippen LogP contribution in [0.2, 0.25) is 0 Å². The smallest absolute Gasteiger partial charge is 0.462 e. The normalized spacial score (nSPS) is 14.0. The fraction of sp³-hybridized carbons (Fsp3) is 0.949. The highest BCUT2D eigenvalue weighted by atomic mass is 31.2. The average Bonchev–Trinajstić information content (AvgIpc) is 1.43. The van der Waals surface area contributed by atoms with Gasteiger partial charge in [0.2, 0.25) is 0 Å². The lowest BCUT2D eigenvalue weighted by Crippen LogP contribution is -2.30. The Morgan fingerprint density at radius 3 is 0.701 bits per heavy atom. The molecular formula is C78H152O17P2. The van der Waals surface area contributed by atoms with E-state index >= 15 is 0 Å². The predicted octanol–water partition coefficient (Wildman–Crippen LogP) is 23.0. The molecule has 0 bridgehead atoms. The molecule has 0 amide bonds. The van der Waals surface area contributed by atoms with Crippen LogP contribution in [0, 0.1) is 17.8 Å². The van der Waals surface area contributed by atoms with E-state index in [9.17, 15) is 43.2 Å². The second-order valence-corrected chi connectivity index (χ2v) is 32.4. The largest absolute Gasteiger partial charge is 0.472 e. The third kappa shape index (κ3) is 72.2. The number of ether oxygens (including phenoxy) is 4. The SMILES string of the molecule is CCCCCCCCCCCCCCCCCCCCCCC(=O)O[C@H](COC(=O)CCCCCCCCCCCCC(C)C)COP(=O)(O)OC[C@@H](O)COP(=O)(O)OC[C@@H](COC(=O)CCCCCCCCCCCC(C)C)OC(=O)CCCCCCCCCCCC(C)C. The molecule has 5 atom stereocenters. The molecule has 0 aliphatic rings. The molecule has 0 radical (unpaired) electrons. The molecule has 0 aliphatic carbocycles. The monoisotopic (exact) mass is 1420 g/mol. The fourth-order valence-electron chi connectivity index (χ4n) is 12.0. The zero-order chi connectivity index (χ0) is 71.6. The minimum Gasteiger partial charge on any atom is -0.462 e. The summed E-state index contributed by atoms with van der Waals surface area (Å²) >= 11 is 0. The number of aliphatic hydroxyl groups is 1. The molecule has 17 nitrogen and oxygen atoms in total. The number of aliphatic hydroxyl groups excluding tert-OH is 1. The van der Waals surface area contributed by atoms with Crippen LogP contribution < -0.4 is 0 Å². The molecule has 19 heteroatoms. The molecule has 3 N–H and O–H groups in total. The summed E-state index contributed by atoms with van der Waals surface area (Å²) in [5.41, 5.74) is 0. The van der Waals surface area contributed by atoms with Crippen LogP contribution in [0.25, 0.3) is 0 Å². The minimum absolute atomic E-state index is 0.105. The van der Waals surface area contributed by atoms with Gasteiger partial charge in [0.1, 0.15) is 19.3 Å². The van der Waals surface area contributed by atoms with Crippen LogP contribution in [0.1, 0.15) is 402 Å². The number of hydrogen-bond donors (Lipinski definition) is 3. The van der Waals surface area contributed by atoms with Crippen molar-refractivity contribution in [2.45, 2.75) is 420 Å². The average molecular weight is 1420 g/mol. The second-order valence-electron chi connectivity index (χ2n) is 29.5. The summed E-state index contributed by atoms with van der Waals surface area (Å²) in [6, 6.07) is 0. The van der Waals surface area contributed by atoms with Gasteiger partial charge in [0.05, 0.1) is 26.4 Å². The summed E-state index contributed by atoms with van der Waals surface area (Å²) in [6.07, 6.45) is 55.6. The maximum atomic E-state index is 13.1. The third-order valence-electron chi connectivity index (χ3n) is 18.1. The molecule has 0 rings (SSSR count). The maximum absolute atomic E-state index is 13.1. The van der Waals surface area contributed by atoms with Gasteiger partial charge in [-0.15, -0.1) is 0 Å². The Hall–Kier alpha value is -1.94. The molecule has 0 heterocycles. The van der Waals surface area contributed by atoms with Crippen LogP contribution in [0.15, 0.2) is 0 Å².